The van der Waals surface area contributed by atoms with Crippen LogP contribution < -0.4 is 10.2 Å². The third-order valence-corrected chi connectivity index (χ3v) is 2.91. The fourth-order valence-electron chi connectivity index (χ4n) is 2.05. The molecule has 0 saturated carbocycles. The van der Waals surface area contributed by atoms with E-state index in [0.717, 1.165) is 50.9 Å². The molecule has 0 spiro atoms. The quantitative estimate of drug-likeness (QED) is 0.854. The first-order chi connectivity index (χ1) is 8.29. The molecule has 0 radical (unpaired) electrons. The van der Waals surface area contributed by atoms with Crippen LogP contribution in [0.4, 0.5) is 5.82 Å². The van der Waals surface area contributed by atoms with Crippen LogP contribution in [0, 0.1) is 6.92 Å². The second-order valence-electron chi connectivity index (χ2n) is 4.35. The summed E-state index contributed by atoms with van der Waals surface area (Å²) in [7, 11) is 0. The van der Waals surface area contributed by atoms with Crippen LogP contribution in [-0.2, 0) is 11.3 Å². The van der Waals surface area contributed by atoms with Crippen LogP contribution >= 0.6 is 0 Å². The molecule has 1 saturated heterocycles. The Hall–Kier alpha value is -1.13. The number of nitrogens with one attached hydrogen (secondary N) is 1. The molecule has 0 unspecified atom stereocenters. The molecule has 17 heavy (non-hydrogen) atoms. The molecule has 1 fully saturated rings. The Kier molecular flexibility index (Phi) is 4.34. The van der Waals surface area contributed by atoms with Gasteiger partial charge in [-0.3, -0.25) is 0 Å². The third-order valence-electron chi connectivity index (χ3n) is 2.91. The summed E-state index contributed by atoms with van der Waals surface area (Å²) in [6.45, 7) is 9.58. The van der Waals surface area contributed by atoms with E-state index in [0.29, 0.717) is 0 Å². The van der Waals surface area contributed by atoms with Crippen molar-refractivity contribution in [1.82, 2.24) is 10.3 Å². The van der Waals surface area contributed by atoms with Crippen LogP contribution in [0.3, 0.4) is 0 Å². The average molecular weight is 235 g/mol. The number of ether oxygens (including phenoxy) is 1. The normalized spacial score (nSPS) is 16.2. The maximum absolute atomic E-state index is 5.36. The molecule has 0 aliphatic carbocycles. The van der Waals surface area contributed by atoms with Gasteiger partial charge in [-0.05, 0) is 31.2 Å². The molecule has 1 aliphatic heterocycles. The highest BCUT2D eigenvalue weighted by Gasteiger charge is 2.13. The minimum absolute atomic E-state index is 0.804. The molecule has 0 bridgehead atoms. The first kappa shape index (κ1) is 12.3. The predicted octanol–water partition coefficient (Wildman–Crippen LogP) is 1.34. The van der Waals surface area contributed by atoms with Crippen molar-refractivity contribution in [3.05, 3.63) is 23.4 Å². The largest absolute Gasteiger partial charge is 0.378 e. The Morgan fingerprint density at radius 2 is 2.12 bits per heavy atom. The van der Waals surface area contributed by atoms with Crippen LogP contribution in [0.5, 0.6) is 0 Å². The van der Waals surface area contributed by atoms with E-state index < -0.39 is 0 Å². The predicted molar refractivity (Wildman–Crippen MR) is 69.4 cm³/mol. The van der Waals surface area contributed by atoms with E-state index >= 15 is 0 Å². The Morgan fingerprint density at radius 1 is 1.35 bits per heavy atom. The van der Waals surface area contributed by atoms with Gasteiger partial charge in [0.15, 0.2) is 0 Å². The van der Waals surface area contributed by atoms with Crippen molar-refractivity contribution in [3.8, 4) is 0 Å². The molecular formula is C13H21N3O. The summed E-state index contributed by atoms with van der Waals surface area (Å²) < 4.78 is 5.36. The number of aromatic nitrogens is 1. The van der Waals surface area contributed by atoms with Gasteiger partial charge >= 0.3 is 0 Å². The maximum Gasteiger partial charge on any atom is 0.129 e. The summed E-state index contributed by atoms with van der Waals surface area (Å²) in [6.07, 6.45) is 0. The lowest BCUT2D eigenvalue weighted by molar-refractivity contribution is 0.122. The summed E-state index contributed by atoms with van der Waals surface area (Å²) in [5, 5.41) is 3.35. The molecule has 0 amide bonds. The van der Waals surface area contributed by atoms with Crippen molar-refractivity contribution in [3.63, 3.8) is 0 Å². The lowest BCUT2D eigenvalue weighted by atomic mass is 10.2. The molecule has 4 nitrogen and oxygen atoms in total. The second-order valence-corrected chi connectivity index (χ2v) is 4.35. The van der Waals surface area contributed by atoms with Crippen LogP contribution in [0.2, 0.25) is 0 Å². The van der Waals surface area contributed by atoms with Gasteiger partial charge in [0.05, 0.1) is 13.2 Å². The van der Waals surface area contributed by atoms with Crippen LogP contribution in [0.1, 0.15) is 18.2 Å². The van der Waals surface area contributed by atoms with E-state index in [2.05, 4.69) is 41.2 Å². The molecule has 1 aliphatic rings. The van der Waals surface area contributed by atoms with Crippen LogP contribution in [0.25, 0.3) is 0 Å². The molecule has 1 N–H and O–H groups in total. The first-order valence-corrected chi connectivity index (χ1v) is 6.30. The topological polar surface area (TPSA) is 37.4 Å². The number of morpholine rings is 1. The molecule has 94 valence electrons. The number of hydrogen-bond donors (Lipinski definition) is 1. The second kappa shape index (κ2) is 5.98. The van der Waals surface area contributed by atoms with Gasteiger partial charge in [0.25, 0.3) is 0 Å². The molecule has 4 heteroatoms. The number of anilines is 1. The summed E-state index contributed by atoms with van der Waals surface area (Å²) in [5.41, 5.74) is 2.39. The smallest absolute Gasteiger partial charge is 0.129 e. The van der Waals surface area contributed by atoms with Crippen molar-refractivity contribution < 1.29 is 4.74 Å². The number of hydrogen-bond acceptors (Lipinski definition) is 4. The Bertz CT molecular complexity index is 362. The Morgan fingerprint density at radius 3 is 2.82 bits per heavy atom. The van der Waals surface area contributed by atoms with E-state index in [4.69, 9.17) is 4.74 Å². The zero-order valence-corrected chi connectivity index (χ0v) is 10.7. The third kappa shape index (κ3) is 3.41. The fraction of sp³-hybridized carbons (Fsp3) is 0.615. The number of rotatable bonds is 4. The minimum atomic E-state index is 0.804. The van der Waals surface area contributed by atoms with Gasteiger partial charge in [-0.2, -0.15) is 0 Å². The van der Waals surface area contributed by atoms with Gasteiger partial charge in [0.2, 0.25) is 0 Å². The SMILES string of the molecule is CCNCc1cc(C)nc(N2CCOCC2)c1. The minimum Gasteiger partial charge on any atom is -0.378 e. The van der Waals surface area contributed by atoms with Gasteiger partial charge in [-0.25, -0.2) is 4.98 Å². The van der Waals surface area contributed by atoms with Crippen molar-refractivity contribution in [2.45, 2.75) is 20.4 Å². The fourth-order valence-corrected chi connectivity index (χ4v) is 2.05. The van der Waals surface area contributed by atoms with E-state index in [1.807, 2.05) is 0 Å². The standard InChI is InChI=1S/C13H21N3O/c1-3-14-10-12-8-11(2)15-13(9-12)16-4-6-17-7-5-16/h8-9,14H,3-7,10H2,1-2H3. The monoisotopic (exact) mass is 235 g/mol. The molecule has 2 rings (SSSR count). The maximum atomic E-state index is 5.36. The molecule has 1 aromatic heterocycles. The van der Waals surface area contributed by atoms with Crippen molar-refractivity contribution in [2.75, 3.05) is 37.7 Å². The van der Waals surface area contributed by atoms with Crippen molar-refractivity contribution in [2.24, 2.45) is 0 Å². The molecular weight excluding hydrogens is 214 g/mol. The highest BCUT2D eigenvalue weighted by Crippen LogP contribution is 2.16. The highest BCUT2D eigenvalue weighted by atomic mass is 16.5. The molecule has 0 atom stereocenters. The van der Waals surface area contributed by atoms with E-state index in [1.54, 1.807) is 0 Å². The van der Waals surface area contributed by atoms with Crippen molar-refractivity contribution >= 4 is 5.82 Å². The zero-order valence-electron chi connectivity index (χ0n) is 10.7. The zero-order chi connectivity index (χ0) is 12.1. The summed E-state index contributed by atoms with van der Waals surface area (Å²) in [4.78, 5) is 6.91. The molecule has 2 heterocycles. The van der Waals surface area contributed by atoms with Crippen molar-refractivity contribution in [1.29, 1.82) is 0 Å². The summed E-state index contributed by atoms with van der Waals surface area (Å²) >= 11 is 0. The molecule has 0 aromatic carbocycles. The van der Waals surface area contributed by atoms with E-state index in [1.165, 1.54) is 5.56 Å². The lowest BCUT2D eigenvalue weighted by Crippen LogP contribution is -2.37. The Balaban J connectivity index is 2.12. The number of pyridine rings is 1. The summed E-state index contributed by atoms with van der Waals surface area (Å²) in [6, 6.07) is 4.33. The van der Waals surface area contributed by atoms with Crippen LogP contribution in [-0.4, -0.2) is 37.8 Å². The van der Waals surface area contributed by atoms with Gasteiger partial charge in [-0.1, -0.05) is 6.92 Å². The highest BCUT2D eigenvalue weighted by molar-refractivity contribution is 5.43. The van der Waals surface area contributed by atoms with Crippen LogP contribution in [0.15, 0.2) is 12.1 Å². The molecule has 1 aromatic rings. The first-order valence-electron chi connectivity index (χ1n) is 6.30. The van der Waals surface area contributed by atoms with Gasteiger partial charge in [0.1, 0.15) is 5.82 Å². The average Bonchev–Trinajstić information content (AvgIpc) is 2.37. The van der Waals surface area contributed by atoms with Gasteiger partial charge < -0.3 is 15.0 Å². The van der Waals surface area contributed by atoms with E-state index in [-0.39, 0.29) is 0 Å². The van der Waals surface area contributed by atoms with Gasteiger partial charge in [-0.15, -0.1) is 0 Å². The summed E-state index contributed by atoms with van der Waals surface area (Å²) in [5.74, 6) is 1.08. The van der Waals surface area contributed by atoms with Gasteiger partial charge in [0, 0.05) is 25.3 Å². The van der Waals surface area contributed by atoms with E-state index in [9.17, 15) is 0 Å². The Labute approximate surface area is 103 Å². The number of aryl methyl sites for hydroxylation is 1. The number of nitrogens with zero attached hydrogens (tertiary/aromatic N) is 2. The lowest BCUT2D eigenvalue weighted by Gasteiger charge is -2.28.